The Balaban J connectivity index is 1.80. The number of ether oxygens (including phenoxy) is 1. The highest BCUT2D eigenvalue weighted by molar-refractivity contribution is 5.73. The summed E-state index contributed by atoms with van der Waals surface area (Å²) in [5, 5.41) is 9.20. The van der Waals surface area contributed by atoms with Crippen LogP contribution < -0.4 is 16.2 Å². The summed E-state index contributed by atoms with van der Waals surface area (Å²) in [5.74, 6) is 1.21. The Labute approximate surface area is 139 Å². The average molecular weight is 314 g/mol. The molecular weight excluding hydrogens is 300 g/mol. The fourth-order valence-corrected chi connectivity index (χ4v) is 2.93. The monoisotopic (exact) mass is 314 g/mol. The number of aromatic nitrogens is 1. The zero-order valence-corrected chi connectivity index (χ0v) is 12.8. The predicted molar refractivity (Wildman–Crippen MR) is 92.5 cm³/mol. The topological polar surface area (TPSA) is 98.0 Å². The van der Waals surface area contributed by atoms with Gasteiger partial charge in [0.2, 0.25) is 5.88 Å². The van der Waals surface area contributed by atoms with Crippen LogP contribution in [0, 0.1) is 11.3 Å². The normalized spacial score (nSPS) is 11.8. The van der Waals surface area contributed by atoms with Crippen molar-refractivity contribution in [3.63, 3.8) is 0 Å². The van der Waals surface area contributed by atoms with Crippen molar-refractivity contribution in [3.8, 4) is 28.8 Å². The lowest BCUT2D eigenvalue weighted by Gasteiger charge is -2.22. The molecule has 1 aliphatic rings. The van der Waals surface area contributed by atoms with Crippen molar-refractivity contribution in [1.82, 2.24) is 4.98 Å². The zero-order valence-electron chi connectivity index (χ0n) is 12.8. The lowest BCUT2D eigenvalue weighted by atomic mass is 9.95. The maximum Gasteiger partial charge on any atom is 0.226 e. The largest absolute Gasteiger partial charge is 0.438 e. The SMILES string of the molecule is N#Cc1c(N)nc2c(c1N)Cc1cc(-c3ccccc3)ccc1O2. The summed E-state index contributed by atoms with van der Waals surface area (Å²) < 4.78 is 5.85. The number of nitriles is 1. The minimum absolute atomic E-state index is 0.0955. The molecule has 116 valence electrons. The number of fused-ring (bicyclic) bond motifs is 2. The highest BCUT2D eigenvalue weighted by atomic mass is 16.5. The molecule has 0 amide bonds. The van der Waals surface area contributed by atoms with Gasteiger partial charge in [0.15, 0.2) is 0 Å². The van der Waals surface area contributed by atoms with Crippen LogP contribution in [0.5, 0.6) is 11.6 Å². The minimum atomic E-state index is 0.0955. The second kappa shape index (κ2) is 5.28. The first-order valence-corrected chi connectivity index (χ1v) is 7.51. The minimum Gasteiger partial charge on any atom is -0.438 e. The molecule has 0 aliphatic carbocycles. The Morgan fingerprint density at radius 2 is 1.83 bits per heavy atom. The van der Waals surface area contributed by atoms with E-state index in [1.54, 1.807) is 0 Å². The molecule has 0 radical (unpaired) electrons. The molecule has 3 aromatic rings. The van der Waals surface area contributed by atoms with Crippen molar-refractivity contribution < 1.29 is 4.74 Å². The molecule has 0 atom stereocenters. The van der Waals surface area contributed by atoms with Crippen molar-refractivity contribution in [3.05, 3.63) is 65.2 Å². The van der Waals surface area contributed by atoms with Gasteiger partial charge in [-0.3, -0.25) is 0 Å². The Bertz CT molecular complexity index is 990. The second-order valence-corrected chi connectivity index (χ2v) is 5.65. The van der Waals surface area contributed by atoms with Gasteiger partial charge in [-0.25, -0.2) is 0 Å². The molecule has 1 aliphatic heterocycles. The molecule has 4 rings (SSSR count). The van der Waals surface area contributed by atoms with Gasteiger partial charge in [0, 0.05) is 17.5 Å². The number of pyridine rings is 1. The van der Waals surface area contributed by atoms with E-state index < -0.39 is 0 Å². The Hall–Kier alpha value is -3.52. The van der Waals surface area contributed by atoms with Gasteiger partial charge in [0.25, 0.3) is 0 Å². The maximum atomic E-state index is 9.20. The molecule has 5 heteroatoms. The van der Waals surface area contributed by atoms with Crippen molar-refractivity contribution in [2.24, 2.45) is 0 Å². The van der Waals surface area contributed by atoms with Crippen LogP contribution in [0.1, 0.15) is 16.7 Å². The summed E-state index contributed by atoms with van der Waals surface area (Å²) in [4.78, 5) is 4.18. The van der Waals surface area contributed by atoms with Crippen molar-refractivity contribution >= 4 is 11.5 Å². The van der Waals surface area contributed by atoms with Gasteiger partial charge in [-0.1, -0.05) is 36.4 Å². The highest BCUT2D eigenvalue weighted by Gasteiger charge is 2.24. The third kappa shape index (κ3) is 2.13. The van der Waals surface area contributed by atoms with Gasteiger partial charge < -0.3 is 16.2 Å². The van der Waals surface area contributed by atoms with Crippen LogP contribution in [0.15, 0.2) is 48.5 Å². The van der Waals surface area contributed by atoms with E-state index in [2.05, 4.69) is 23.2 Å². The fraction of sp³-hybridized carbons (Fsp3) is 0.0526. The number of hydrogen-bond donors (Lipinski definition) is 2. The summed E-state index contributed by atoms with van der Waals surface area (Å²) in [6.07, 6.45) is 0.555. The molecular formula is C19H14N4O. The number of hydrogen-bond acceptors (Lipinski definition) is 5. The van der Waals surface area contributed by atoms with E-state index in [1.165, 1.54) is 0 Å². The molecule has 4 N–H and O–H groups in total. The van der Waals surface area contributed by atoms with Crippen molar-refractivity contribution in [2.75, 3.05) is 11.5 Å². The summed E-state index contributed by atoms with van der Waals surface area (Å²) in [6, 6.07) is 18.1. The molecule has 0 unspecified atom stereocenters. The van der Waals surface area contributed by atoms with E-state index in [-0.39, 0.29) is 11.4 Å². The zero-order chi connectivity index (χ0) is 16.7. The first-order valence-electron chi connectivity index (χ1n) is 7.51. The summed E-state index contributed by atoms with van der Waals surface area (Å²) in [7, 11) is 0. The quantitative estimate of drug-likeness (QED) is 0.560. The number of nitrogen functional groups attached to an aromatic ring is 2. The van der Waals surface area contributed by atoms with Gasteiger partial charge in [-0.2, -0.15) is 10.2 Å². The average Bonchev–Trinajstić information content (AvgIpc) is 2.61. The van der Waals surface area contributed by atoms with Gasteiger partial charge >= 0.3 is 0 Å². The van der Waals surface area contributed by atoms with Gasteiger partial charge in [-0.15, -0.1) is 0 Å². The van der Waals surface area contributed by atoms with E-state index in [4.69, 9.17) is 16.2 Å². The van der Waals surface area contributed by atoms with Crippen LogP contribution in [0.3, 0.4) is 0 Å². The molecule has 0 bridgehead atoms. The molecule has 2 aromatic carbocycles. The van der Waals surface area contributed by atoms with Crippen molar-refractivity contribution in [2.45, 2.75) is 6.42 Å². The molecule has 0 saturated carbocycles. The third-order valence-corrected chi connectivity index (χ3v) is 4.18. The number of nitrogens with zero attached hydrogens (tertiary/aromatic N) is 2. The van der Waals surface area contributed by atoms with E-state index >= 15 is 0 Å². The standard InChI is InChI=1S/C19H14N4O/c20-10-15-17(21)14-9-13-8-12(11-4-2-1-3-5-11)6-7-16(13)24-19(14)23-18(15)22/h1-8H,9H2,(H4,21,22,23). The molecule has 5 nitrogen and oxygen atoms in total. The first kappa shape index (κ1) is 14.1. The third-order valence-electron chi connectivity index (χ3n) is 4.18. The maximum absolute atomic E-state index is 9.20. The molecule has 0 fully saturated rings. The van der Waals surface area contributed by atoms with Crippen LogP contribution >= 0.6 is 0 Å². The predicted octanol–water partition coefficient (Wildman–Crippen LogP) is 3.48. The highest BCUT2D eigenvalue weighted by Crippen LogP contribution is 2.41. The summed E-state index contributed by atoms with van der Waals surface area (Å²) in [6.45, 7) is 0. The van der Waals surface area contributed by atoms with Crippen LogP contribution in [0.25, 0.3) is 11.1 Å². The number of benzene rings is 2. The lowest BCUT2D eigenvalue weighted by Crippen LogP contribution is -2.11. The lowest BCUT2D eigenvalue weighted by molar-refractivity contribution is 0.442. The molecule has 0 spiro atoms. The molecule has 1 aromatic heterocycles. The van der Waals surface area contributed by atoms with Crippen LogP contribution in [0.4, 0.5) is 11.5 Å². The Kier molecular flexibility index (Phi) is 3.10. The molecule has 0 saturated heterocycles. The van der Waals surface area contributed by atoms with Gasteiger partial charge in [0.1, 0.15) is 23.2 Å². The van der Waals surface area contributed by atoms with Crippen molar-refractivity contribution in [1.29, 1.82) is 5.26 Å². The van der Waals surface area contributed by atoms with E-state index in [1.807, 2.05) is 36.4 Å². The van der Waals surface area contributed by atoms with E-state index in [0.717, 1.165) is 22.4 Å². The fourth-order valence-electron chi connectivity index (χ4n) is 2.93. The Morgan fingerprint density at radius 3 is 2.58 bits per heavy atom. The molecule has 2 heterocycles. The number of nitrogens with two attached hydrogens (primary N) is 2. The smallest absolute Gasteiger partial charge is 0.226 e. The second-order valence-electron chi connectivity index (χ2n) is 5.65. The summed E-state index contributed by atoms with van der Waals surface area (Å²) in [5.41, 5.74) is 16.4. The number of rotatable bonds is 1. The van der Waals surface area contributed by atoms with E-state index in [0.29, 0.717) is 23.6 Å². The van der Waals surface area contributed by atoms with Crippen LogP contribution in [-0.4, -0.2) is 4.98 Å². The van der Waals surface area contributed by atoms with Crippen LogP contribution in [-0.2, 0) is 6.42 Å². The first-order chi connectivity index (χ1) is 11.7. The summed E-state index contributed by atoms with van der Waals surface area (Å²) >= 11 is 0. The Morgan fingerprint density at radius 1 is 1.04 bits per heavy atom. The van der Waals surface area contributed by atoms with Gasteiger partial charge in [-0.05, 0) is 23.3 Å². The number of anilines is 2. The molecule has 24 heavy (non-hydrogen) atoms. The van der Waals surface area contributed by atoms with Gasteiger partial charge in [0.05, 0.1) is 5.69 Å². The van der Waals surface area contributed by atoms with Crippen LogP contribution in [0.2, 0.25) is 0 Å². The van der Waals surface area contributed by atoms with E-state index in [9.17, 15) is 5.26 Å².